The summed E-state index contributed by atoms with van der Waals surface area (Å²) in [6.07, 6.45) is 0.899. The second kappa shape index (κ2) is 3.01. The van der Waals surface area contributed by atoms with Crippen LogP contribution in [0.1, 0.15) is 13.3 Å². The molecule has 0 bridgehead atoms. The van der Waals surface area contributed by atoms with E-state index in [9.17, 15) is 4.79 Å². The normalized spacial score (nSPS) is 33.7. The summed E-state index contributed by atoms with van der Waals surface area (Å²) in [7, 11) is 0. The molecule has 1 saturated heterocycles. The molecule has 0 radical (unpaired) electrons. The standard InChI is InChI=1S/C7H14N2O/c1-5-4-9-3-2-6(5)7(8)10/h5-6,9H,2-4H2,1H3,(H2,8,10). The molecule has 1 heterocycles. The van der Waals surface area contributed by atoms with Gasteiger partial charge in [-0.25, -0.2) is 0 Å². The van der Waals surface area contributed by atoms with E-state index >= 15 is 0 Å². The second-order valence-electron chi connectivity index (χ2n) is 2.98. The van der Waals surface area contributed by atoms with Crippen LogP contribution < -0.4 is 11.1 Å². The zero-order chi connectivity index (χ0) is 7.56. The third-order valence-corrected chi connectivity index (χ3v) is 2.15. The Morgan fingerprint density at radius 2 is 2.40 bits per heavy atom. The minimum Gasteiger partial charge on any atom is -0.369 e. The molecule has 2 atom stereocenters. The van der Waals surface area contributed by atoms with E-state index in [1.807, 2.05) is 0 Å². The number of amides is 1. The van der Waals surface area contributed by atoms with Crippen LogP contribution in [-0.4, -0.2) is 19.0 Å². The van der Waals surface area contributed by atoms with Gasteiger partial charge in [0.25, 0.3) is 0 Å². The van der Waals surface area contributed by atoms with E-state index in [1.54, 1.807) is 0 Å². The summed E-state index contributed by atoms with van der Waals surface area (Å²) in [5.41, 5.74) is 5.19. The number of carbonyl (C=O) groups excluding carboxylic acids is 1. The van der Waals surface area contributed by atoms with Crippen molar-refractivity contribution in [1.29, 1.82) is 0 Å². The number of hydrogen-bond acceptors (Lipinski definition) is 2. The fourth-order valence-electron chi connectivity index (χ4n) is 1.44. The summed E-state index contributed by atoms with van der Waals surface area (Å²) in [4.78, 5) is 10.8. The fraction of sp³-hybridized carbons (Fsp3) is 0.857. The van der Waals surface area contributed by atoms with Gasteiger partial charge in [0.15, 0.2) is 0 Å². The van der Waals surface area contributed by atoms with Crippen molar-refractivity contribution in [2.75, 3.05) is 13.1 Å². The topological polar surface area (TPSA) is 55.1 Å². The number of hydrogen-bond donors (Lipinski definition) is 2. The summed E-state index contributed by atoms with van der Waals surface area (Å²) >= 11 is 0. The lowest BCUT2D eigenvalue weighted by molar-refractivity contribution is -0.123. The first-order valence-electron chi connectivity index (χ1n) is 3.72. The molecule has 0 aromatic carbocycles. The number of carbonyl (C=O) groups is 1. The number of nitrogens with two attached hydrogens (primary N) is 1. The van der Waals surface area contributed by atoms with Gasteiger partial charge in [-0.3, -0.25) is 4.79 Å². The van der Waals surface area contributed by atoms with Gasteiger partial charge < -0.3 is 11.1 Å². The van der Waals surface area contributed by atoms with Gasteiger partial charge in [0.2, 0.25) is 5.91 Å². The van der Waals surface area contributed by atoms with E-state index in [0.29, 0.717) is 5.92 Å². The Morgan fingerprint density at radius 1 is 1.70 bits per heavy atom. The zero-order valence-corrected chi connectivity index (χ0v) is 6.26. The number of piperidine rings is 1. The van der Waals surface area contributed by atoms with Crippen molar-refractivity contribution < 1.29 is 4.79 Å². The van der Waals surface area contributed by atoms with E-state index in [2.05, 4.69) is 12.2 Å². The van der Waals surface area contributed by atoms with Crippen LogP contribution in [0.5, 0.6) is 0 Å². The van der Waals surface area contributed by atoms with Crippen LogP contribution in [0.4, 0.5) is 0 Å². The van der Waals surface area contributed by atoms with Crippen LogP contribution in [-0.2, 0) is 4.79 Å². The Labute approximate surface area is 61.0 Å². The average molecular weight is 142 g/mol. The molecular formula is C7H14N2O. The van der Waals surface area contributed by atoms with Crippen molar-refractivity contribution in [3.63, 3.8) is 0 Å². The maximum Gasteiger partial charge on any atom is 0.220 e. The first-order chi connectivity index (χ1) is 4.72. The summed E-state index contributed by atoms with van der Waals surface area (Å²) in [6, 6.07) is 0. The van der Waals surface area contributed by atoms with Crippen molar-refractivity contribution in [1.82, 2.24) is 5.32 Å². The molecule has 0 aromatic rings. The monoisotopic (exact) mass is 142 g/mol. The van der Waals surface area contributed by atoms with Gasteiger partial charge in [0.1, 0.15) is 0 Å². The maximum absolute atomic E-state index is 10.8. The lowest BCUT2D eigenvalue weighted by Gasteiger charge is -2.26. The van der Waals surface area contributed by atoms with E-state index < -0.39 is 0 Å². The molecule has 0 spiro atoms. The predicted octanol–water partition coefficient (Wildman–Crippen LogP) is -0.283. The summed E-state index contributed by atoms with van der Waals surface area (Å²) in [5.74, 6) is 0.363. The quantitative estimate of drug-likeness (QED) is 0.529. The summed E-state index contributed by atoms with van der Waals surface area (Å²) in [5, 5.41) is 3.21. The van der Waals surface area contributed by atoms with Crippen LogP contribution >= 0.6 is 0 Å². The molecular weight excluding hydrogens is 128 g/mol. The minimum absolute atomic E-state index is 0.0984. The number of nitrogens with one attached hydrogen (secondary N) is 1. The molecule has 3 N–H and O–H groups in total. The van der Waals surface area contributed by atoms with E-state index in [-0.39, 0.29) is 11.8 Å². The van der Waals surface area contributed by atoms with E-state index in [4.69, 9.17) is 5.73 Å². The van der Waals surface area contributed by atoms with Gasteiger partial charge in [0, 0.05) is 5.92 Å². The number of primary amides is 1. The molecule has 2 unspecified atom stereocenters. The second-order valence-corrected chi connectivity index (χ2v) is 2.98. The van der Waals surface area contributed by atoms with Gasteiger partial charge in [-0.05, 0) is 25.4 Å². The molecule has 3 heteroatoms. The number of rotatable bonds is 1. The highest BCUT2D eigenvalue weighted by Gasteiger charge is 2.25. The Bertz CT molecular complexity index is 136. The highest BCUT2D eigenvalue weighted by atomic mass is 16.1. The summed E-state index contributed by atoms with van der Waals surface area (Å²) in [6.45, 7) is 3.91. The van der Waals surface area contributed by atoms with Crippen molar-refractivity contribution in [3.8, 4) is 0 Å². The predicted molar refractivity (Wildman–Crippen MR) is 39.3 cm³/mol. The first-order valence-corrected chi connectivity index (χ1v) is 3.72. The highest BCUT2D eigenvalue weighted by Crippen LogP contribution is 2.17. The van der Waals surface area contributed by atoms with Gasteiger partial charge in [-0.2, -0.15) is 0 Å². The molecule has 1 fully saturated rings. The van der Waals surface area contributed by atoms with Crippen LogP contribution in [0.3, 0.4) is 0 Å². The Kier molecular flexibility index (Phi) is 2.27. The smallest absolute Gasteiger partial charge is 0.220 e. The Hall–Kier alpha value is -0.570. The van der Waals surface area contributed by atoms with Gasteiger partial charge in [0.05, 0.1) is 0 Å². The average Bonchev–Trinajstić information content (AvgIpc) is 1.88. The van der Waals surface area contributed by atoms with E-state index in [0.717, 1.165) is 19.5 Å². The zero-order valence-electron chi connectivity index (χ0n) is 6.26. The maximum atomic E-state index is 10.8. The molecule has 1 amide bonds. The Morgan fingerprint density at radius 3 is 2.80 bits per heavy atom. The molecule has 1 aliphatic rings. The molecule has 0 aromatic heterocycles. The van der Waals surface area contributed by atoms with Crippen molar-refractivity contribution in [3.05, 3.63) is 0 Å². The molecule has 1 rings (SSSR count). The third kappa shape index (κ3) is 1.48. The van der Waals surface area contributed by atoms with Crippen LogP contribution in [0.15, 0.2) is 0 Å². The Balaban J connectivity index is 2.47. The lowest BCUT2D eigenvalue weighted by atomic mass is 9.87. The lowest BCUT2D eigenvalue weighted by Crippen LogP contribution is -2.41. The molecule has 1 aliphatic heterocycles. The SMILES string of the molecule is CC1CNCCC1C(N)=O. The third-order valence-electron chi connectivity index (χ3n) is 2.15. The van der Waals surface area contributed by atoms with Crippen LogP contribution in [0.2, 0.25) is 0 Å². The van der Waals surface area contributed by atoms with Crippen LogP contribution in [0, 0.1) is 11.8 Å². The van der Waals surface area contributed by atoms with Crippen molar-refractivity contribution in [2.24, 2.45) is 17.6 Å². The molecule has 58 valence electrons. The van der Waals surface area contributed by atoms with Gasteiger partial charge in [-0.1, -0.05) is 6.92 Å². The fourth-order valence-corrected chi connectivity index (χ4v) is 1.44. The van der Waals surface area contributed by atoms with Gasteiger partial charge >= 0.3 is 0 Å². The molecule has 10 heavy (non-hydrogen) atoms. The van der Waals surface area contributed by atoms with Crippen molar-refractivity contribution in [2.45, 2.75) is 13.3 Å². The van der Waals surface area contributed by atoms with Crippen LogP contribution in [0.25, 0.3) is 0 Å². The van der Waals surface area contributed by atoms with Gasteiger partial charge in [-0.15, -0.1) is 0 Å². The highest BCUT2D eigenvalue weighted by molar-refractivity contribution is 5.77. The molecule has 0 aliphatic carbocycles. The van der Waals surface area contributed by atoms with Crippen molar-refractivity contribution >= 4 is 5.91 Å². The first kappa shape index (κ1) is 7.54. The largest absolute Gasteiger partial charge is 0.369 e. The minimum atomic E-state index is -0.144. The van der Waals surface area contributed by atoms with E-state index in [1.165, 1.54) is 0 Å². The summed E-state index contributed by atoms with van der Waals surface area (Å²) < 4.78 is 0. The molecule has 3 nitrogen and oxygen atoms in total. The molecule has 0 saturated carbocycles.